The fourth-order valence-electron chi connectivity index (χ4n) is 1.83. The predicted molar refractivity (Wildman–Crippen MR) is 73.3 cm³/mol. The number of nitrogens with one attached hydrogen (secondary N) is 1. The van der Waals surface area contributed by atoms with Crippen LogP contribution in [0.2, 0.25) is 5.02 Å². The van der Waals surface area contributed by atoms with Gasteiger partial charge < -0.3 is 10.1 Å². The van der Waals surface area contributed by atoms with Crippen LogP contribution in [-0.4, -0.2) is 24.1 Å². The average molecular weight is 264 g/mol. The smallest absolute Gasteiger partial charge is 0.131 e. The van der Waals surface area contributed by atoms with Gasteiger partial charge in [-0.1, -0.05) is 11.6 Å². The summed E-state index contributed by atoms with van der Waals surface area (Å²) in [5.41, 5.74) is 2.61. The summed E-state index contributed by atoms with van der Waals surface area (Å²) < 4.78 is 5.42. The molecule has 0 aliphatic carbocycles. The first-order valence-corrected chi connectivity index (χ1v) is 5.87. The zero-order valence-electron chi connectivity index (χ0n) is 10.5. The molecule has 0 atom stereocenters. The number of rotatable bonds is 3. The molecular weight excluding hydrogens is 250 g/mol. The fraction of sp³-hybridized carbons (Fsp3) is 0.231. The van der Waals surface area contributed by atoms with Crippen LogP contribution >= 0.6 is 11.6 Å². The van der Waals surface area contributed by atoms with Crippen molar-refractivity contribution in [2.24, 2.45) is 0 Å². The molecule has 0 fully saturated rings. The van der Waals surface area contributed by atoms with Crippen LogP contribution in [0.4, 0.5) is 5.82 Å². The number of hydrogen-bond donors (Lipinski definition) is 1. The van der Waals surface area contributed by atoms with Gasteiger partial charge in [-0.15, -0.1) is 0 Å². The number of ether oxygens (including phenoxy) is 1. The monoisotopic (exact) mass is 263 g/mol. The Balaban J connectivity index is 2.61. The Bertz CT molecular complexity index is 572. The van der Waals surface area contributed by atoms with Crippen molar-refractivity contribution in [2.75, 3.05) is 19.5 Å². The van der Waals surface area contributed by atoms with E-state index in [0.29, 0.717) is 5.02 Å². The van der Waals surface area contributed by atoms with Gasteiger partial charge in [0.2, 0.25) is 0 Å². The van der Waals surface area contributed by atoms with Crippen molar-refractivity contribution >= 4 is 17.4 Å². The summed E-state index contributed by atoms with van der Waals surface area (Å²) in [6, 6.07) is 5.56. The standard InChI is InChI=1S/C13H14ClN3O/c1-8-4-9(14)5-10(13(8)18-3)11-6-12(15-2)17-7-16-11/h4-7H,1-3H3,(H,15,16,17). The van der Waals surface area contributed by atoms with Gasteiger partial charge in [-0.25, -0.2) is 9.97 Å². The number of aromatic nitrogens is 2. The highest BCUT2D eigenvalue weighted by Crippen LogP contribution is 2.34. The molecule has 4 nitrogen and oxygen atoms in total. The van der Waals surface area contributed by atoms with E-state index in [1.54, 1.807) is 7.11 Å². The molecule has 18 heavy (non-hydrogen) atoms. The van der Waals surface area contributed by atoms with Gasteiger partial charge in [0.25, 0.3) is 0 Å². The number of methoxy groups -OCH3 is 1. The molecule has 2 aromatic rings. The Kier molecular flexibility index (Phi) is 3.67. The zero-order valence-corrected chi connectivity index (χ0v) is 11.2. The minimum absolute atomic E-state index is 0.660. The van der Waals surface area contributed by atoms with Gasteiger partial charge >= 0.3 is 0 Å². The molecule has 0 bridgehead atoms. The second-order valence-electron chi connectivity index (χ2n) is 3.84. The van der Waals surface area contributed by atoms with Crippen molar-refractivity contribution < 1.29 is 4.74 Å². The van der Waals surface area contributed by atoms with Crippen LogP contribution < -0.4 is 10.1 Å². The van der Waals surface area contributed by atoms with Crippen molar-refractivity contribution in [3.8, 4) is 17.0 Å². The molecule has 1 aromatic heterocycles. The predicted octanol–water partition coefficient (Wildman–Crippen LogP) is 3.16. The Hall–Kier alpha value is -1.81. The van der Waals surface area contributed by atoms with Crippen LogP contribution in [0, 0.1) is 6.92 Å². The van der Waals surface area contributed by atoms with Crippen LogP contribution in [-0.2, 0) is 0 Å². The summed E-state index contributed by atoms with van der Waals surface area (Å²) in [5, 5.41) is 3.64. The minimum atomic E-state index is 0.660. The van der Waals surface area contributed by atoms with Crippen molar-refractivity contribution in [1.29, 1.82) is 0 Å². The van der Waals surface area contributed by atoms with E-state index >= 15 is 0 Å². The number of anilines is 1. The summed E-state index contributed by atoms with van der Waals surface area (Å²) in [6.07, 6.45) is 1.51. The van der Waals surface area contributed by atoms with E-state index in [0.717, 1.165) is 28.4 Å². The van der Waals surface area contributed by atoms with Crippen LogP contribution in [0.1, 0.15) is 5.56 Å². The Morgan fingerprint density at radius 1 is 1.22 bits per heavy atom. The molecule has 0 saturated carbocycles. The van der Waals surface area contributed by atoms with Crippen molar-refractivity contribution in [2.45, 2.75) is 6.92 Å². The maximum Gasteiger partial charge on any atom is 0.131 e. The number of nitrogens with zero attached hydrogens (tertiary/aromatic N) is 2. The first-order valence-electron chi connectivity index (χ1n) is 5.50. The average Bonchev–Trinajstić information content (AvgIpc) is 2.38. The van der Waals surface area contributed by atoms with Gasteiger partial charge in [-0.3, -0.25) is 0 Å². The molecule has 0 amide bonds. The molecule has 0 radical (unpaired) electrons. The van der Waals surface area contributed by atoms with Gasteiger partial charge in [-0.05, 0) is 24.6 Å². The first-order chi connectivity index (χ1) is 8.65. The molecule has 0 aliphatic heterocycles. The molecule has 94 valence electrons. The lowest BCUT2D eigenvalue weighted by atomic mass is 10.1. The van der Waals surface area contributed by atoms with Crippen molar-refractivity contribution in [3.63, 3.8) is 0 Å². The highest BCUT2D eigenvalue weighted by Gasteiger charge is 2.12. The second kappa shape index (κ2) is 5.23. The van der Waals surface area contributed by atoms with Crippen LogP contribution in [0.3, 0.4) is 0 Å². The number of halogens is 1. The maximum absolute atomic E-state index is 6.09. The molecule has 0 aliphatic rings. The second-order valence-corrected chi connectivity index (χ2v) is 4.28. The quantitative estimate of drug-likeness (QED) is 0.924. The third-order valence-electron chi connectivity index (χ3n) is 2.64. The van der Waals surface area contributed by atoms with Gasteiger partial charge in [0, 0.05) is 23.7 Å². The number of benzene rings is 1. The lowest BCUT2D eigenvalue weighted by Gasteiger charge is -2.12. The highest BCUT2D eigenvalue weighted by molar-refractivity contribution is 6.31. The van der Waals surface area contributed by atoms with Gasteiger partial charge in [0.15, 0.2) is 0 Å². The molecule has 0 saturated heterocycles. The van der Waals surface area contributed by atoms with Crippen LogP contribution in [0.25, 0.3) is 11.3 Å². The van der Waals surface area contributed by atoms with Crippen LogP contribution in [0.15, 0.2) is 24.5 Å². The van der Waals surface area contributed by atoms with Crippen molar-refractivity contribution in [1.82, 2.24) is 9.97 Å². The number of hydrogen-bond acceptors (Lipinski definition) is 4. The lowest BCUT2D eigenvalue weighted by Crippen LogP contribution is -1.97. The first kappa shape index (κ1) is 12.6. The summed E-state index contributed by atoms with van der Waals surface area (Å²) in [6.45, 7) is 1.95. The van der Waals surface area contributed by atoms with Crippen LogP contribution in [0.5, 0.6) is 5.75 Å². The molecule has 1 N–H and O–H groups in total. The van der Waals surface area contributed by atoms with E-state index in [1.165, 1.54) is 6.33 Å². The Labute approximate surface area is 111 Å². The summed E-state index contributed by atoms with van der Waals surface area (Å²) in [5.74, 6) is 1.53. The van der Waals surface area contributed by atoms with E-state index < -0.39 is 0 Å². The van der Waals surface area contributed by atoms with Gasteiger partial charge in [0.05, 0.1) is 12.8 Å². The third-order valence-corrected chi connectivity index (χ3v) is 2.86. The molecule has 1 aromatic carbocycles. The summed E-state index contributed by atoms with van der Waals surface area (Å²) in [4.78, 5) is 8.35. The minimum Gasteiger partial charge on any atom is -0.496 e. The third kappa shape index (κ3) is 2.38. The zero-order chi connectivity index (χ0) is 13.1. The largest absolute Gasteiger partial charge is 0.496 e. The Morgan fingerprint density at radius 3 is 2.67 bits per heavy atom. The van der Waals surface area contributed by atoms with Crippen molar-refractivity contribution in [3.05, 3.63) is 35.1 Å². The van der Waals surface area contributed by atoms with E-state index in [2.05, 4.69) is 15.3 Å². The van der Waals surface area contributed by atoms with E-state index in [-0.39, 0.29) is 0 Å². The molecule has 5 heteroatoms. The summed E-state index contributed by atoms with van der Waals surface area (Å²) >= 11 is 6.09. The highest BCUT2D eigenvalue weighted by atomic mass is 35.5. The van der Waals surface area contributed by atoms with Gasteiger partial charge in [-0.2, -0.15) is 0 Å². The topological polar surface area (TPSA) is 47.0 Å². The van der Waals surface area contributed by atoms with E-state index in [1.807, 2.05) is 32.2 Å². The molecule has 0 spiro atoms. The Morgan fingerprint density at radius 2 is 2.00 bits per heavy atom. The lowest BCUT2D eigenvalue weighted by molar-refractivity contribution is 0.413. The fourth-order valence-corrected chi connectivity index (χ4v) is 2.11. The maximum atomic E-state index is 6.09. The molecule has 1 heterocycles. The number of aryl methyl sites for hydroxylation is 1. The molecule has 0 unspecified atom stereocenters. The molecular formula is C13H14ClN3O. The SMILES string of the molecule is CNc1cc(-c2cc(Cl)cc(C)c2OC)ncn1. The summed E-state index contributed by atoms with van der Waals surface area (Å²) in [7, 11) is 3.45. The van der Waals surface area contributed by atoms with E-state index in [9.17, 15) is 0 Å². The van der Waals surface area contributed by atoms with E-state index in [4.69, 9.17) is 16.3 Å². The molecule has 2 rings (SSSR count). The van der Waals surface area contributed by atoms with Gasteiger partial charge in [0.1, 0.15) is 17.9 Å². The normalized spacial score (nSPS) is 10.2.